The lowest BCUT2D eigenvalue weighted by atomic mass is 9.77. The van der Waals surface area contributed by atoms with E-state index in [0.717, 1.165) is 31.7 Å². The van der Waals surface area contributed by atoms with Crippen LogP contribution in [0.4, 0.5) is 17.6 Å². The molecule has 0 amide bonds. The van der Waals surface area contributed by atoms with Crippen LogP contribution in [0.2, 0.25) is 0 Å². The molecule has 0 bridgehead atoms. The summed E-state index contributed by atoms with van der Waals surface area (Å²) < 4.78 is 69.4. The van der Waals surface area contributed by atoms with Crippen molar-refractivity contribution < 1.29 is 31.8 Å². The summed E-state index contributed by atoms with van der Waals surface area (Å²) in [6.45, 7) is 5.86. The molecule has 2 aliphatic rings. The van der Waals surface area contributed by atoms with Gasteiger partial charge in [0.1, 0.15) is 6.10 Å². The van der Waals surface area contributed by atoms with Crippen molar-refractivity contribution in [1.82, 2.24) is 0 Å². The Hall–Kier alpha value is -2.83. The van der Waals surface area contributed by atoms with E-state index in [1.165, 1.54) is 6.07 Å². The number of halogens is 4. The van der Waals surface area contributed by atoms with E-state index in [9.17, 15) is 18.0 Å². The van der Waals surface area contributed by atoms with Crippen LogP contribution < -0.4 is 4.74 Å². The minimum atomic E-state index is -1.32. The Morgan fingerprint density at radius 1 is 0.838 bits per heavy atom. The fraction of sp³-hybridized carbons (Fsp3) is 0.500. The van der Waals surface area contributed by atoms with Crippen LogP contribution in [0.1, 0.15) is 98.0 Å². The molecule has 4 rings (SSSR count). The number of benzene rings is 2. The fourth-order valence-corrected chi connectivity index (χ4v) is 5.54. The molecule has 3 nitrogen and oxygen atoms in total. The molecule has 200 valence electrons. The van der Waals surface area contributed by atoms with Crippen molar-refractivity contribution in [3.8, 4) is 5.75 Å². The molecule has 0 saturated heterocycles. The Morgan fingerprint density at radius 2 is 1.41 bits per heavy atom. The van der Waals surface area contributed by atoms with Crippen molar-refractivity contribution in [2.24, 2.45) is 5.92 Å². The van der Waals surface area contributed by atoms with Crippen LogP contribution in [-0.4, -0.2) is 18.7 Å². The molecule has 2 saturated carbocycles. The third-order valence-electron chi connectivity index (χ3n) is 7.83. The van der Waals surface area contributed by atoms with E-state index in [0.29, 0.717) is 49.1 Å². The zero-order chi connectivity index (χ0) is 26.5. The summed E-state index contributed by atoms with van der Waals surface area (Å²) in [6, 6.07) is 5.79. The molecule has 0 spiro atoms. The van der Waals surface area contributed by atoms with Crippen molar-refractivity contribution in [2.45, 2.75) is 82.7 Å². The summed E-state index contributed by atoms with van der Waals surface area (Å²) in [5.74, 6) is -4.81. The van der Waals surface area contributed by atoms with E-state index >= 15 is 4.39 Å². The van der Waals surface area contributed by atoms with Crippen LogP contribution in [0.5, 0.6) is 5.75 Å². The van der Waals surface area contributed by atoms with E-state index in [1.807, 2.05) is 0 Å². The first-order valence-electron chi connectivity index (χ1n) is 13.2. The van der Waals surface area contributed by atoms with Gasteiger partial charge < -0.3 is 9.47 Å². The standard InChI is InChI=1S/C30H34F4O3/c1-3-4-17-36-25-16-15-24(28(33)29(25)34)30(35)37-21-11-9-20(10-12-21)23-14-13-22(26(31)27(23)32)19-7-5-18(2)6-8-19/h3,13-16,18-21H,1,4-12,17H2,2H3. The van der Waals surface area contributed by atoms with Crippen LogP contribution in [0.15, 0.2) is 36.9 Å². The lowest BCUT2D eigenvalue weighted by Crippen LogP contribution is -2.25. The van der Waals surface area contributed by atoms with Gasteiger partial charge in [0, 0.05) is 0 Å². The van der Waals surface area contributed by atoms with Crippen LogP contribution in [0.25, 0.3) is 0 Å². The summed E-state index contributed by atoms with van der Waals surface area (Å²) in [4.78, 5) is 12.5. The highest BCUT2D eigenvalue weighted by atomic mass is 19.2. The topological polar surface area (TPSA) is 35.5 Å². The van der Waals surface area contributed by atoms with Gasteiger partial charge in [-0.15, -0.1) is 6.58 Å². The molecule has 7 heteroatoms. The monoisotopic (exact) mass is 518 g/mol. The van der Waals surface area contributed by atoms with Crippen molar-refractivity contribution in [1.29, 1.82) is 0 Å². The van der Waals surface area contributed by atoms with E-state index < -0.39 is 40.9 Å². The second-order valence-electron chi connectivity index (χ2n) is 10.4. The largest absolute Gasteiger partial charge is 0.490 e. The highest BCUT2D eigenvalue weighted by Gasteiger charge is 2.31. The maximum absolute atomic E-state index is 15.1. The van der Waals surface area contributed by atoms with Crippen molar-refractivity contribution in [3.05, 3.63) is 76.9 Å². The number of hydrogen-bond donors (Lipinski definition) is 0. The average Bonchev–Trinajstić information content (AvgIpc) is 2.89. The molecular weight excluding hydrogens is 484 g/mol. The van der Waals surface area contributed by atoms with E-state index in [2.05, 4.69) is 13.5 Å². The van der Waals surface area contributed by atoms with Gasteiger partial charge in [-0.1, -0.05) is 38.0 Å². The van der Waals surface area contributed by atoms with Crippen LogP contribution >= 0.6 is 0 Å². The number of carbonyl (C=O) groups excluding carboxylic acids is 1. The number of esters is 1. The molecule has 2 fully saturated rings. The Bertz CT molecular complexity index is 1120. The first-order valence-corrected chi connectivity index (χ1v) is 13.2. The quantitative estimate of drug-likeness (QED) is 0.152. The first-order chi connectivity index (χ1) is 17.8. The molecule has 0 heterocycles. The second-order valence-corrected chi connectivity index (χ2v) is 10.4. The van der Waals surface area contributed by atoms with Crippen LogP contribution in [0.3, 0.4) is 0 Å². The van der Waals surface area contributed by atoms with Gasteiger partial charge in [0.25, 0.3) is 0 Å². The maximum atomic E-state index is 15.1. The van der Waals surface area contributed by atoms with Gasteiger partial charge in [0.2, 0.25) is 5.82 Å². The molecule has 0 atom stereocenters. The van der Waals surface area contributed by atoms with Gasteiger partial charge in [0.05, 0.1) is 12.2 Å². The van der Waals surface area contributed by atoms with Gasteiger partial charge >= 0.3 is 5.97 Å². The zero-order valence-electron chi connectivity index (χ0n) is 21.2. The van der Waals surface area contributed by atoms with E-state index in [4.69, 9.17) is 9.47 Å². The van der Waals surface area contributed by atoms with Crippen molar-refractivity contribution >= 4 is 5.97 Å². The first kappa shape index (κ1) is 27.2. The third-order valence-corrected chi connectivity index (χ3v) is 7.83. The Labute approximate surface area is 215 Å². The molecular formula is C30H34F4O3. The fourth-order valence-electron chi connectivity index (χ4n) is 5.54. The minimum absolute atomic E-state index is 0.0629. The van der Waals surface area contributed by atoms with Gasteiger partial charge in [0.15, 0.2) is 23.2 Å². The summed E-state index contributed by atoms with van der Waals surface area (Å²) in [5.41, 5.74) is 0.328. The lowest BCUT2D eigenvalue weighted by Gasteiger charge is -2.30. The Morgan fingerprint density at radius 3 is 1.97 bits per heavy atom. The predicted molar refractivity (Wildman–Crippen MR) is 134 cm³/mol. The number of ether oxygens (including phenoxy) is 2. The number of carbonyl (C=O) groups is 1. The zero-order valence-corrected chi connectivity index (χ0v) is 21.2. The smallest absolute Gasteiger partial charge is 0.341 e. The van der Waals surface area contributed by atoms with Gasteiger partial charge in [-0.2, -0.15) is 4.39 Å². The number of rotatable bonds is 8. The minimum Gasteiger partial charge on any atom is -0.490 e. The van der Waals surface area contributed by atoms with Gasteiger partial charge in [-0.25, -0.2) is 18.0 Å². The highest BCUT2D eigenvalue weighted by molar-refractivity contribution is 5.90. The summed E-state index contributed by atoms with van der Waals surface area (Å²) >= 11 is 0. The lowest BCUT2D eigenvalue weighted by molar-refractivity contribution is 0.0188. The Kier molecular flexibility index (Phi) is 8.93. The average molecular weight is 519 g/mol. The normalized spacial score (nSPS) is 23.9. The van der Waals surface area contributed by atoms with E-state index in [1.54, 1.807) is 18.2 Å². The van der Waals surface area contributed by atoms with Crippen LogP contribution in [-0.2, 0) is 4.74 Å². The maximum Gasteiger partial charge on any atom is 0.341 e. The Balaban J connectivity index is 1.35. The molecule has 37 heavy (non-hydrogen) atoms. The second kappa shape index (κ2) is 12.1. The van der Waals surface area contributed by atoms with Crippen LogP contribution in [0, 0.1) is 29.2 Å². The third kappa shape index (κ3) is 6.19. The molecule has 0 aliphatic heterocycles. The molecule has 2 aromatic rings. The molecule has 0 unspecified atom stereocenters. The van der Waals surface area contributed by atoms with Crippen molar-refractivity contribution in [2.75, 3.05) is 6.61 Å². The molecule has 2 aromatic carbocycles. The molecule has 2 aliphatic carbocycles. The SMILES string of the molecule is C=CCCOc1ccc(C(=O)OC2CCC(c3ccc(C4CCC(C)CC4)c(F)c3F)CC2)c(F)c1F. The summed E-state index contributed by atoms with van der Waals surface area (Å²) in [7, 11) is 0. The van der Waals surface area contributed by atoms with Gasteiger partial charge in [-0.3, -0.25) is 0 Å². The summed E-state index contributed by atoms with van der Waals surface area (Å²) in [6.07, 6.45) is 7.21. The summed E-state index contributed by atoms with van der Waals surface area (Å²) in [5, 5.41) is 0. The predicted octanol–water partition coefficient (Wildman–Crippen LogP) is 8.37. The van der Waals surface area contributed by atoms with E-state index in [-0.39, 0.29) is 24.2 Å². The molecule has 0 aromatic heterocycles. The van der Waals surface area contributed by atoms with Crippen molar-refractivity contribution in [3.63, 3.8) is 0 Å². The molecule has 0 radical (unpaired) electrons. The highest BCUT2D eigenvalue weighted by Crippen LogP contribution is 2.41. The number of hydrogen-bond acceptors (Lipinski definition) is 3. The van der Waals surface area contributed by atoms with Gasteiger partial charge in [-0.05, 0) is 86.0 Å². The molecule has 0 N–H and O–H groups in total.